The molecule has 2 aromatic carbocycles. The van der Waals surface area contributed by atoms with Gasteiger partial charge in [-0.15, -0.1) is 0 Å². The van der Waals surface area contributed by atoms with Crippen molar-refractivity contribution in [3.8, 4) is 11.1 Å². The van der Waals surface area contributed by atoms with Crippen LogP contribution in [0.2, 0.25) is 5.02 Å². The molecule has 0 bridgehead atoms. The van der Waals surface area contributed by atoms with E-state index in [0.717, 1.165) is 0 Å². The molecule has 0 spiro atoms. The lowest BCUT2D eigenvalue weighted by Gasteiger charge is -2.06. The molecule has 6 heteroatoms. The summed E-state index contributed by atoms with van der Waals surface area (Å²) in [5, 5.41) is 0.366. The molecule has 0 radical (unpaired) electrons. The first kappa shape index (κ1) is 13.3. The molecule has 0 N–H and O–H groups in total. The van der Waals surface area contributed by atoms with Crippen molar-refractivity contribution in [3.63, 3.8) is 0 Å². The van der Waals surface area contributed by atoms with Gasteiger partial charge in [-0.2, -0.15) is 0 Å². The van der Waals surface area contributed by atoms with E-state index in [-0.39, 0.29) is 10.7 Å². The zero-order valence-electron chi connectivity index (χ0n) is 8.90. The summed E-state index contributed by atoms with van der Waals surface area (Å²) in [6.45, 7) is 0. The Balaban J connectivity index is 2.60. The highest BCUT2D eigenvalue weighted by Crippen LogP contribution is 2.31. The van der Waals surface area contributed by atoms with Crippen LogP contribution in [0.25, 0.3) is 11.1 Å². The van der Waals surface area contributed by atoms with Gasteiger partial charge in [0.05, 0.1) is 4.90 Å². The van der Waals surface area contributed by atoms with Crippen molar-refractivity contribution in [1.29, 1.82) is 0 Å². The van der Waals surface area contributed by atoms with E-state index < -0.39 is 9.05 Å². The minimum absolute atomic E-state index is 0.0482. The molecule has 0 aliphatic rings. The Morgan fingerprint density at radius 2 is 1.61 bits per heavy atom. The van der Waals surface area contributed by atoms with Crippen molar-refractivity contribution in [2.24, 2.45) is 0 Å². The monoisotopic (exact) mass is 304 g/mol. The van der Waals surface area contributed by atoms with E-state index in [2.05, 4.69) is 0 Å². The summed E-state index contributed by atoms with van der Waals surface area (Å²) in [6.07, 6.45) is 0. The second-order valence-corrected chi connectivity index (χ2v) is 6.56. The molecular formula is C12H7Cl2FO2S. The Hall–Kier alpha value is -1.10. The lowest BCUT2D eigenvalue weighted by atomic mass is 10.1. The SMILES string of the molecule is O=S(=O)(Cl)c1ccc(Cl)c(-c2ccc(F)cc2)c1. The summed E-state index contributed by atoms with van der Waals surface area (Å²) < 4.78 is 35.3. The fraction of sp³-hybridized carbons (Fsp3) is 0. The minimum Gasteiger partial charge on any atom is -0.207 e. The number of halogens is 3. The van der Waals surface area contributed by atoms with Crippen LogP contribution in [0.15, 0.2) is 47.4 Å². The van der Waals surface area contributed by atoms with Crippen LogP contribution >= 0.6 is 22.3 Å². The van der Waals surface area contributed by atoms with Crippen molar-refractivity contribution in [3.05, 3.63) is 53.3 Å². The fourth-order valence-electron chi connectivity index (χ4n) is 1.51. The molecule has 0 heterocycles. The normalized spacial score (nSPS) is 11.5. The maximum Gasteiger partial charge on any atom is 0.261 e. The Labute approximate surface area is 113 Å². The van der Waals surface area contributed by atoms with Crippen molar-refractivity contribution in [1.82, 2.24) is 0 Å². The average molecular weight is 305 g/mol. The van der Waals surface area contributed by atoms with Gasteiger partial charge in [-0.05, 0) is 35.9 Å². The van der Waals surface area contributed by atoms with Crippen LogP contribution in [0.1, 0.15) is 0 Å². The summed E-state index contributed by atoms with van der Waals surface area (Å²) in [4.78, 5) is -0.0482. The predicted octanol–water partition coefficient (Wildman–Crippen LogP) is 4.07. The van der Waals surface area contributed by atoms with Crippen LogP contribution in [-0.4, -0.2) is 8.42 Å². The Morgan fingerprint density at radius 3 is 2.17 bits per heavy atom. The van der Waals surface area contributed by atoms with Crippen LogP contribution in [0.5, 0.6) is 0 Å². The number of rotatable bonds is 2. The molecule has 0 aliphatic carbocycles. The molecule has 94 valence electrons. The average Bonchev–Trinajstić information content (AvgIpc) is 2.29. The maximum absolute atomic E-state index is 12.8. The summed E-state index contributed by atoms with van der Waals surface area (Å²) in [7, 11) is 1.45. The first-order valence-electron chi connectivity index (χ1n) is 4.88. The summed E-state index contributed by atoms with van der Waals surface area (Å²) >= 11 is 5.99. The Kier molecular flexibility index (Phi) is 3.61. The van der Waals surface area contributed by atoms with E-state index in [1.54, 1.807) is 0 Å². The van der Waals surface area contributed by atoms with Gasteiger partial charge in [0.25, 0.3) is 9.05 Å². The molecule has 0 saturated heterocycles. The third-order valence-electron chi connectivity index (χ3n) is 2.37. The smallest absolute Gasteiger partial charge is 0.207 e. The maximum atomic E-state index is 12.8. The van der Waals surface area contributed by atoms with Crippen LogP contribution in [0.3, 0.4) is 0 Å². The molecule has 0 unspecified atom stereocenters. The summed E-state index contributed by atoms with van der Waals surface area (Å²) in [5.74, 6) is -0.379. The fourth-order valence-corrected chi connectivity index (χ4v) is 2.51. The zero-order valence-corrected chi connectivity index (χ0v) is 11.2. The van der Waals surface area contributed by atoms with Crippen LogP contribution < -0.4 is 0 Å². The third-order valence-corrected chi connectivity index (χ3v) is 4.06. The van der Waals surface area contributed by atoms with E-state index in [9.17, 15) is 12.8 Å². The van der Waals surface area contributed by atoms with Crippen molar-refractivity contribution < 1.29 is 12.8 Å². The number of hydrogen-bond donors (Lipinski definition) is 0. The molecule has 18 heavy (non-hydrogen) atoms. The molecule has 0 aliphatic heterocycles. The lowest BCUT2D eigenvalue weighted by Crippen LogP contribution is -1.91. The minimum atomic E-state index is -3.82. The van der Waals surface area contributed by atoms with E-state index >= 15 is 0 Å². The first-order chi connectivity index (χ1) is 8.38. The molecule has 0 atom stereocenters. The van der Waals surface area contributed by atoms with Crippen molar-refractivity contribution in [2.75, 3.05) is 0 Å². The van der Waals surface area contributed by atoms with Gasteiger partial charge in [0.1, 0.15) is 5.82 Å². The van der Waals surface area contributed by atoms with E-state index in [0.29, 0.717) is 16.1 Å². The van der Waals surface area contributed by atoms with Gasteiger partial charge >= 0.3 is 0 Å². The van der Waals surface area contributed by atoms with E-state index in [4.69, 9.17) is 22.3 Å². The van der Waals surface area contributed by atoms with Gasteiger partial charge in [-0.1, -0.05) is 23.7 Å². The third kappa shape index (κ3) is 2.83. The molecule has 2 aromatic rings. The molecule has 2 nitrogen and oxygen atoms in total. The molecule has 2 rings (SSSR count). The number of benzene rings is 2. The lowest BCUT2D eigenvalue weighted by molar-refractivity contribution is 0.609. The van der Waals surface area contributed by atoms with Crippen LogP contribution in [-0.2, 0) is 9.05 Å². The second-order valence-electron chi connectivity index (χ2n) is 3.59. The van der Waals surface area contributed by atoms with Gasteiger partial charge in [-0.25, -0.2) is 12.8 Å². The zero-order chi connectivity index (χ0) is 13.3. The molecule has 0 amide bonds. The van der Waals surface area contributed by atoms with E-state index in [1.807, 2.05) is 0 Å². The highest BCUT2D eigenvalue weighted by atomic mass is 35.7. The topological polar surface area (TPSA) is 34.1 Å². The number of hydrogen-bond acceptors (Lipinski definition) is 2. The largest absolute Gasteiger partial charge is 0.261 e. The highest BCUT2D eigenvalue weighted by Gasteiger charge is 2.13. The standard InChI is InChI=1S/C12H7Cl2FO2S/c13-12-6-5-10(18(14,16)17)7-11(12)8-1-3-9(15)4-2-8/h1-7H. The molecule has 0 fully saturated rings. The van der Waals surface area contributed by atoms with Gasteiger partial charge in [0, 0.05) is 21.3 Å². The van der Waals surface area contributed by atoms with Crippen molar-refractivity contribution >= 4 is 31.3 Å². The second kappa shape index (κ2) is 4.88. The van der Waals surface area contributed by atoms with Gasteiger partial charge in [0.15, 0.2) is 0 Å². The first-order valence-corrected chi connectivity index (χ1v) is 7.57. The van der Waals surface area contributed by atoms with Gasteiger partial charge in [0.2, 0.25) is 0 Å². The highest BCUT2D eigenvalue weighted by molar-refractivity contribution is 8.13. The quantitative estimate of drug-likeness (QED) is 0.784. The summed E-state index contributed by atoms with van der Waals surface area (Å²) in [6, 6.07) is 9.69. The molecule has 0 aromatic heterocycles. The van der Waals surface area contributed by atoms with Crippen molar-refractivity contribution in [2.45, 2.75) is 4.90 Å². The Bertz CT molecular complexity index is 682. The van der Waals surface area contributed by atoms with Gasteiger partial charge < -0.3 is 0 Å². The predicted molar refractivity (Wildman–Crippen MR) is 69.9 cm³/mol. The Morgan fingerprint density at radius 1 is 1.00 bits per heavy atom. The molecular weight excluding hydrogens is 298 g/mol. The van der Waals surface area contributed by atoms with E-state index in [1.165, 1.54) is 42.5 Å². The molecule has 0 saturated carbocycles. The van der Waals surface area contributed by atoms with Crippen LogP contribution in [0.4, 0.5) is 4.39 Å². The van der Waals surface area contributed by atoms with Gasteiger partial charge in [-0.3, -0.25) is 0 Å². The summed E-state index contributed by atoms with van der Waals surface area (Å²) in [5.41, 5.74) is 1.10. The van der Waals surface area contributed by atoms with Crippen LogP contribution in [0, 0.1) is 5.82 Å².